The molecular formula is C18H16N2O5S. The molecule has 0 N–H and O–H groups in total. The summed E-state index contributed by atoms with van der Waals surface area (Å²) in [5.41, 5.74) is 0.124. The molecule has 0 aliphatic carbocycles. The molecule has 8 heteroatoms. The van der Waals surface area contributed by atoms with Gasteiger partial charge in [0.25, 0.3) is 11.1 Å². The molecule has 2 aromatic rings. The van der Waals surface area contributed by atoms with E-state index in [0.29, 0.717) is 36.9 Å². The number of rotatable bonds is 2. The predicted molar refractivity (Wildman–Crippen MR) is 96.1 cm³/mol. The van der Waals surface area contributed by atoms with E-state index in [9.17, 15) is 19.2 Å². The van der Waals surface area contributed by atoms with E-state index in [-0.39, 0.29) is 40.0 Å². The van der Waals surface area contributed by atoms with Gasteiger partial charge in [0.2, 0.25) is 5.91 Å². The molecule has 3 amide bonds. The van der Waals surface area contributed by atoms with Crippen molar-refractivity contribution in [3.8, 4) is 0 Å². The third-order valence-corrected chi connectivity index (χ3v) is 5.58. The number of likely N-dealkylation sites (tertiary alicyclic amines) is 1. The van der Waals surface area contributed by atoms with Crippen LogP contribution in [0.2, 0.25) is 0 Å². The van der Waals surface area contributed by atoms with Gasteiger partial charge in [0, 0.05) is 25.2 Å². The van der Waals surface area contributed by atoms with Crippen LogP contribution >= 0.6 is 11.8 Å². The van der Waals surface area contributed by atoms with Crippen LogP contribution in [0.3, 0.4) is 0 Å². The van der Waals surface area contributed by atoms with Crippen LogP contribution in [-0.4, -0.2) is 51.7 Å². The lowest BCUT2D eigenvalue weighted by molar-refractivity contribution is -0.126. The van der Waals surface area contributed by atoms with Crippen LogP contribution in [0, 0.1) is 0 Å². The van der Waals surface area contributed by atoms with Gasteiger partial charge >= 0.3 is 0 Å². The molecule has 7 nitrogen and oxygen atoms in total. The summed E-state index contributed by atoms with van der Waals surface area (Å²) in [7, 11) is 0. The quantitative estimate of drug-likeness (QED) is 0.802. The molecule has 0 spiro atoms. The van der Waals surface area contributed by atoms with Crippen molar-refractivity contribution in [1.82, 2.24) is 9.80 Å². The van der Waals surface area contributed by atoms with Gasteiger partial charge in [-0.15, -0.1) is 0 Å². The maximum Gasteiger partial charge on any atom is 0.289 e. The summed E-state index contributed by atoms with van der Waals surface area (Å²) in [5.74, 6) is -0.304. The molecule has 134 valence electrons. The number of para-hydroxylation sites is 1. The van der Waals surface area contributed by atoms with Crippen LogP contribution in [-0.2, 0) is 4.79 Å². The fourth-order valence-corrected chi connectivity index (χ4v) is 4.19. The average molecular weight is 372 g/mol. The molecular weight excluding hydrogens is 356 g/mol. The molecule has 2 saturated heterocycles. The third-order valence-electron chi connectivity index (χ3n) is 4.75. The van der Waals surface area contributed by atoms with Crippen molar-refractivity contribution in [2.24, 2.45) is 0 Å². The van der Waals surface area contributed by atoms with Gasteiger partial charge < -0.3 is 9.32 Å². The van der Waals surface area contributed by atoms with Gasteiger partial charge in [0.05, 0.1) is 11.1 Å². The van der Waals surface area contributed by atoms with Gasteiger partial charge in [0.15, 0.2) is 11.2 Å². The van der Waals surface area contributed by atoms with Crippen LogP contribution in [0.5, 0.6) is 0 Å². The highest BCUT2D eigenvalue weighted by Crippen LogP contribution is 2.27. The normalized spacial score (nSPS) is 18.8. The summed E-state index contributed by atoms with van der Waals surface area (Å²) < 4.78 is 5.61. The minimum Gasteiger partial charge on any atom is -0.451 e. The maximum atomic E-state index is 12.7. The van der Waals surface area contributed by atoms with Gasteiger partial charge in [-0.05, 0) is 25.0 Å². The molecule has 1 aromatic heterocycles. The molecule has 26 heavy (non-hydrogen) atoms. The lowest BCUT2D eigenvalue weighted by Gasteiger charge is -2.35. The fraction of sp³-hybridized carbons (Fsp3) is 0.333. The standard InChI is InChI=1S/C18H16N2O5S/c21-13-9-15(25-14-4-2-1-3-12(13)14)17(23)19-7-5-11(6-8-19)20-16(22)10-26-18(20)24/h1-4,9,11H,5-8,10H2. The second-order valence-electron chi connectivity index (χ2n) is 6.31. The highest BCUT2D eigenvalue weighted by Gasteiger charge is 2.38. The van der Waals surface area contributed by atoms with E-state index in [4.69, 9.17) is 4.42 Å². The van der Waals surface area contributed by atoms with Crippen molar-refractivity contribution >= 4 is 39.8 Å². The van der Waals surface area contributed by atoms with Crippen molar-refractivity contribution in [3.63, 3.8) is 0 Å². The van der Waals surface area contributed by atoms with Gasteiger partial charge in [-0.2, -0.15) is 0 Å². The van der Waals surface area contributed by atoms with E-state index in [1.54, 1.807) is 29.2 Å². The molecule has 1 aromatic carbocycles. The fourth-order valence-electron chi connectivity index (χ4n) is 3.41. The number of carbonyl (C=O) groups excluding carboxylic acids is 3. The highest BCUT2D eigenvalue weighted by atomic mass is 32.2. The molecule has 0 bridgehead atoms. The Balaban J connectivity index is 1.49. The van der Waals surface area contributed by atoms with E-state index in [2.05, 4.69) is 0 Å². The SMILES string of the molecule is O=C(c1cc(=O)c2ccccc2o1)N1CCC(N2C(=O)CSC2=O)CC1. The zero-order chi connectivity index (χ0) is 18.3. The van der Waals surface area contributed by atoms with Crippen molar-refractivity contribution in [3.05, 3.63) is 46.3 Å². The number of hydrogen-bond acceptors (Lipinski definition) is 6. The first kappa shape index (κ1) is 16.8. The number of imide groups is 1. The van der Waals surface area contributed by atoms with E-state index >= 15 is 0 Å². The minimum absolute atomic E-state index is 0.0102. The monoisotopic (exact) mass is 372 g/mol. The van der Waals surface area contributed by atoms with Gasteiger partial charge in [-0.3, -0.25) is 24.1 Å². The molecule has 0 atom stereocenters. The Morgan fingerprint density at radius 3 is 2.54 bits per heavy atom. The molecule has 2 aliphatic rings. The number of piperidine rings is 1. The van der Waals surface area contributed by atoms with Crippen LogP contribution in [0.1, 0.15) is 23.4 Å². The molecule has 0 unspecified atom stereocenters. The topological polar surface area (TPSA) is 87.9 Å². The van der Waals surface area contributed by atoms with Crippen molar-refractivity contribution < 1.29 is 18.8 Å². The highest BCUT2D eigenvalue weighted by molar-refractivity contribution is 8.14. The van der Waals surface area contributed by atoms with Gasteiger partial charge in [-0.1, -0.05) is 23.9 Å². The number of carbonyl (C=O) groups is 3. The van der Waals surface area contributed by atoms with Gasteiger partial charge in [-0.25, -0.2) is 0 Å². The zero-order valence-electron chi connectivity index (χ0n) is 13.8. The number of amides is 3. The van der Waals surface area contributed by atoms with E-state index in [0.717, 1.165) is 11.8 Å². The minimum atomic E-state index is -0.347. The van der Waals surface area contributed by atoms with Gasteiger partial charge in [0.1, 0.15) is 5.58 Å². The van der Waals surface area contributed by atoms with Crippen LogP contribution < -0.4 is 5.43 Å². The molecule has 0 radical (unpaired) electrons. The number of benzene rings is 1. The van der Waals surface area contributed by atoms with E-state index in [1.165, 1.54) is 11.0 Å². The number of hydrogen-bond donors (Lipinski definition) is 0. The van der Waals surface area contributed by atoms with Crippen LogP contribution in [0.15, 0.2) is 39.5 Å². The molecule has 2 aliphatic heterocycles. The Morgan fingerprint density at radius 2 is 1.85 bits per heavy atom. The number of nitrogens with zero attached hydrogens (tertiary/aromatic N) is 2. The predicted octanol–water partition coefficient (Wildman–Crippen LogP) is 2.09. The third kappa shape index (κ3) is 2.90. The summed E-state index contributed by atoms with van der Waals surface area (Å²) in [5, 5.41) is 0.228. The Hall–Kier alpha value is -2.61. The first-order valence-corrected chi connectivity index (χ1v) is 9.34. The maximum absolute atomic E-state index is 12.7. The zero-order valence-corrected chi connectivity index (χ0v) is 14.7. The lowest BCUT2D eigenvalue weighted by atomic mass is 10.0. The second kappa shape index (κ2) is 6.60. The van der Waals surface area contributed by atoms with E-state index < -0.39 is 0 Å². The van der Waals surface area contributed by atoms with Crippen molar-refractivity contribution in [2.75, 3.05) is 18.8 Å². The Kier molecular flexibility index (Phi) is 4.28. The first-order chi connectivity index (χ1) is 12.5. The van der Waals surface area contributed by atoms with E-state index in [1.807, 2.05) is 0 Å². The Bertz CT molecular complexity index is 945. The molecule has 4 rings (SSSR count). The molecule has 3 heterocycles. The second-order valence-corrected chi connectivity index (χ2v) is 7.24. The van der Waals surface area contributed by atoms with Crippen molar-refractivity contribution in [2.45, 2.75) is 18.9 Å². The summed E-state index contributed by atoms with van der Waals surface area (Å²) in [6.07, 6.45) is 1.06. The summed E-state index contributed by atoms with van der Waals surface area (Å²) >= 11 is 1.02. The lowest BCUT2D eigenvalue weighted by Crippen LogP contribution is -2.48. The summed E-state index contributed by atoms with van der Waals surface area (Å²) in [6, 6.07) is 7.85. The summed E-state index contributed by atoms with van der Waals surface area (Å²) in [4.78, 5) is 51.4. The van der Waals surface area contributed by atoms with Crippen LogP contribution in [0.25, 0.3) is 11.0 Å². The Morgan fingerprint density at radius 1 is 1.12 bits per heavy atom. The first-order valence-electron chi connectivity index (χ1n) is 8.35. The van der Waals surface area contributed by atoms with Crippen LogP contribution in [0.4, 0.5) is 4.79 Å². The number of thioether (sulfide) groups is 1. The smallest absolute Gasteiger partial charge is 0.289 e. The molecule has 2 fully saturated rings. The Labute approximate surface area is 152 Å². The molecule has 0 saturated carbocycles. The summed E-state index contributed by atoms with van der Waals surface area (Å²) in [6.45, 7) is 0.809. The largest absolute Gasteiger partial charge is 0.451 e. The average Bonchev–Trinajstić information content (AvgIpc) is 2.99. The number of fused-ring (bicyclic) bond motifs is 1. The van der Waals surface area contributed by atoms with Crippen molar-refractivity contribution in [1.29, 1.82) is 0 Å².